The number of carbonyl (C=O) groups excluding carboxylic acids is 2. The number of aromatic nitrogens is 2. The van der Waals surface area contributed by atoms with E-state index in [9.17, 15) is 9.59 Å². The Bertz CT molecular complexity index is 495. The maximum absolute atomic E-state index is 11.4. The Labute approximate surface area is 113 Å². The van der Waals surface area contributed by atoms with Crippen LogP contribution >= 0.6 is 0 Å². The molecule has 1 amide bonds. The van der Waals surface area contributed by atoms with Crippen molar-refractivity contribution in [1.29, 1.82) is 0 Å². The monoisotopic (exact) mass is 264 g/mol. The summed E-state index contributed by atoms with van der Waals surface area (Å²) in [5.74, 6) is 0.969. The number of anilines is 1. The third-order valence-electron chi connectivity index (χ3n) is 3.60. The van der Waals surface area contributed by atoms with E-state index in [-0.39, 0.29) is 5.91 Å². The van der Waals surface area contributed by atoms with Gasteiger partial charge in [-0.2, -0.15) is 5.10 Å². The summed E-state index contributed by atoms with van der Waals surface area (Å²) >= 11 is 0. The highest BCUT2D eigenvalue weighted by Crippen LogP contribution is 2.22. The summed E-state index contributed by atoms with van der Waals surface area (Å²) in [5, 5.41) is 4.31. The molecule has 1 aromatic rings. The van der Waals surface area contributed by atoms with Crippen LogP contribution in [0.4, 0.5) is 5.82 Å². The van der Waals surface area contributed by atoms with Crippen molar-refractivity contribution in [1.82, 2.24) is 14.7 Å². The molecule has 0 atom stereocenters. The van der Waals surface area contributed by atoms with Gasteiger partial charge < -0.3 is 9.80 Å². The first-order valence-corrected chi connectivity index (χ1v) is 6.54. The fourth-order valence-corrected chi connectivity index (χ4v) is 2.62. The van der Waals surface area contributed by atoms with Crippen molar-refractivity contribution in [2.45, 2.75) is 20.3 Å². The molecular weight excluding hydrogens is 244 g/mol. The number of amides is 1. The van der Waals surface area contributed by atoms with E-state index in [2.05, 4.69) is 10.00 Å². The van der Waals surface area contributed by atoms with Crippen molar-refractivity contribution in [3.8, 4) is 0 Å². The van der Waals surface area contributed by atoms with E-state index in [1.165, 1.54) is 0 Å². The van der Waals surface area contributed by atoms with Crippen molar-refractivity contribution >= 4 is 18.0 Å². The summed E-state index contributed by atoms with van der Waals surface area (Å²) < 4.78 is 1.75. The highest BCUT2D eigenvalue weighted by molar-refractivity contribution is 5.84. The van der Waals surface area contributed by atoms with E-state index in [0.29, 0.717) is 12.1 Å². The first-order valence-electron chi connectivity index (χ1n) is 6.54. The van der Waals surface area contributed by atoms with Crippen molar-refractivity contribution < 1.29 is 9.59 Å². The van der Waals surface area contributed by atoms with E-state index < -0.39 is 0 Å². The van der Waals surface area contributed by atoms with Gasteiger partial charge in [-0.3, -0.25) is 14.3 Å². The highest BCUT2D eigenvalue weighted by atomic mass is 16.2. The normalized spacial score (nSPS) is 16.4. The maximum Gasteiger partial charge on any atom is 0.219 e. The Hall–Kier alpha value is -1.85. The third-order valence-corrected chi connectivity index (χ3v) is 3.60. The van der Waals surface area contributed by atoms with Crippen LogP contribution in [0.1, 0.15) is 29.4 Å². The van der Waals surface area contributed by atoms with Crippen molar-refractivity contribution in [2.75, 3.05) is 31.1 Å². The van der Waals surface area contributed by atoms with E-state index in [1.807, 2.05) is 18.9 Å². The zero-order valence-electron chi connectivity index (χ0n) is 11.7. The predicted molar refractivity (Wildman–Crippen MR) is 72.4 cm³/mol. The van der Waals surface area contributed by atoms with Crippen molar-refractivity contribution in [2.24, 2.45) is 7.05 Å². The van der Waals surface area contributed by atoms with Gasteiger partial charge in [0.25, 0.3) is 0 Å². The van der Waals surface area contributed by atoms with Crippen LogP contribution < -0.4 is 4.90 Å². The highest BCUT2D eigenvalue weighted by Gasteiger charge is 2.22. The van der Waals surface area contributed by atoms with Crippen LogP contribution in [0.15, 0.2) is 0 Å². The molecule has 0 N–H and O–H groups in total. The number of hydrogen-bond acceptors (Lipinski definition) is 4. The summed E-state index contributed by atoms with van der Waals surface area (Å²) in [7, 11) is 1.85. The number of carbonyl (C=O) groups is 2. The van der Waals surface area contributed by atoms with Gasteiger partial charge in [-0.25, -0.2) is 0 Å². The van der Waals surface area contributed by atoms with Gasteiger partial charge >= 0.3 is 0 Å². The average Bonchev–Trinajstić information content (AvgIpc) is 2.56. The largest absolute Gasteiger partial charge is 0.354 e. The Kier molecular flexibility index (Phi) is 3.87. The molecule has 104 valence electrons. The molecule has 1 aliphatic heterocycles. The average molecular weight is 264 g/mol. The minimum Gasteiger partial charge on any atom is -0.354 e. The molecule has 1 saturated heterocycles. The summed E-state index contributed by atoms with van der Waals surface area (Å²) in [6.45, 7) is 6.48. The van der Waals surface area contributed by atoms with Crippen LogP contribution in [0.3, 0.4) is 0 Å². The van der Waals surface area contributed by atoms with Crippen LogP contribution in [0.5, 0.6) is 0 Å². The van der Waals surface area contributed by atoms with E-state index in [4.69, 9.17) is 0 Å². The van der Waals surface area contributed by atoms with Crippen LogP contribution in [0.2, 0.25) is 0 Å². The summed E-state index contributed by atoms with van der Waals surface area (Å²) in [6, 6.07) is 0. The van der Waals surface area contributed by atoms with Crippen LogP contribution in [0, 0.1) is 6.92 Å². The fourth-order valence-electron chi connectivity index (χ4n) is 2.62. The van der Waals surface area contributed by atoms with E-state index in [0.717, 1.165) is 43.9 Å². The molecule has 0 unspecified atom stereocenters. The van der Waals surface area contributed by atoms with Crippen LogP contribution in [-0.4, -0.2) is 53.1 Å². The standard InChI is InChI=1S/C13H20N4O2/c1-10-12(9-18)13(15(3)14-10)17-6-4-5-16(7-8-17)11(2)19/h9H,4-8H2,1-3H3. The van der Waals surface area contributed by atoms with E-state index >= 15 is 0 Å². The molecule has 6 heteroatoms. The lowest BCUT2D eigenvalue weighted by Crippen LogP contribution is -2.34. The zero-order valence-corrected chi connectivity index (χ0v) is 11.7. The molecule has 0 bridgehead atoms. The minimum atomic E-state index is 0.110. The first-order chi connectivity index (χ1) is 9.04. The first kappa shape index (κ1) is 13.6. The summed E-state index contributed by atoms with van der Waals surface area (Å²) in [5.41, 5.74) is 1.40. The van der Waals surface area contributed by atoms with Gasteiger partial charge in [0.05, 0.1) is 11.3 Å². The van der Waals surface area contributed by atoms with Crippen molar-refractivity contribution in [3.63, 3.8) is 0 Å². The van der Waals surface area contributed by atoms with Gasteiger partial charge in [-0.15, -0.1) is 0 Å². The molecule has 2 rings (SSSR count). The molecule has 2 heterocycles. The van der Waals surface area contributed by atoms with Gasteiger partial charge in [0.15, 0.2) is 6.29 Å². The van der Waals surface area contributed by atoms with Crippen LogP contribution in [0.25, 0.3) is 0 Å². The molecule has 6 nitrogen and oxygen atoms in total. The van der Waals surface area contributed by atoms with Crippen molar-refractivity contribution in [3.05, 3.63) is 11.3 Å². The quantitative estimate of drug-likeness (QED) is 0.734. The zero-order chi connectivity index (χ0) is 14.0. The second-order valence-electron chi connectivity index (χ2n) is 4.91. The third kappa shape index (κ3) is 2.62. The molecule has 0 spiro atoms. The predicted octanol–water partition coefficient (Wildman–Crippen LogP) is 0.600. The maximum atomic E-state index is 11.4. The van der Waals surface area contributed by atoms with Gasteiger partial charge in [0, 0.05) is 40.2 Å². The number of aldehydes is 1. The lowest BCUT2D eigenvalue weighted by molar-refractivity contribution is -0.128. The van der Waals surface area contributed by atoms with Gasteiger partial charge in [-0.1, -0.05) is 0 Å². The van der Waals surface area contributed by atoms with Gasteiger partial charge in [-0.05, 0) is 13.3 Å². The number of aryl methyl sites for hydroxylation is 2. The summed E-state index contributed by atoms with van der Waals surface area (Å²) in [6.07, 6.45) is 1.77. The smallest absolute Gasteiger partial charge is 0.219 e. The second kappa shape index (κ2) is 5.42. The van der Waals surface area contributed by atoms with Gasteiger partial charge in [0.2, 0.25) is 5.91 Å². The molecule has 0 aliphatic carbocycles. The second-order valence-corrected chi connectivity index (χ2v) is 4.91. The Morgan fingerprint density at radius 2 is 2.00 bits per heavy atom. The Morgan fingerprint density at radius 1 is 1.26 bits per heavy atom. The molecule has 0 radical (unpaired) electrons. The molecular formula is C13H20N4O2. The molecule has 1 aliphatic rings. The lowest BCUT2D eigenvalue weighted by Gasteiger charge is -2.23. The topological polar surface area (TPSA) is 58.4 Å². The Balaban J connectivity index is 2.23. The molecule has 0 aromatic carbocycles. The lowest BCUT2D eigenvalue weighted by atomic mass is 10.2. The van der Waals surface area contributed by atoms with E-state index in [1.54, 1.807) is 11.6 Å². The number of hydrogen-bond donors (Lipinski definition) is 0. The molecule has 19 heavy (non-hydrogen) atoms. The SMILES string of the molecule is CC(=O)N1CCCN(c2c(C=O)c(C)nn2C)CC1. The van der Waals surface area contributed by atoms with Crippen LogP contribution in [-0.2, 0) is 11.8 Å². The molecule has 1 fully saturated rings. The Morgan fingerprint density at radius 3 is 2.63 bits per heavy atom. The molecule has 1 aromatic heterocycles. The fraction of sp³-hybridized carbons (Fsp3) is 0.615. The number of rotatable bonds is 2. The van der Waals surface area contributed by atoms with Gasteiger partial charge in [0.1, 0.15) is 5.82 Å². The minimum absolute atomic E-state index is 0.110. The molecule has 0 saturated carbocycles. The number of nitrogens with zero attached hydrogens (tertiary/aromatic N) is 4. The summed E-state index contributed by atoms with van der Waals surface area (Å²) in [4.78, 5) is 26.6.